The molecule has 190 valence electrons. The van der Waals surface area contributed by atoms with Crippen LogP contribution in [0, 0.1) is 0 Å². The van der Waals surface area contributed by atoms with E-state index in [2.05, 4.69) is 11.9 Å². The number of fused-ring (bicyclic) bond motifs is 2. The van der Waals surface area contributed by atoms with Crippen molar-refractivity contribution in [2.24, 2.45) is 5.10 Å². The van der Waals surface area contributed by atoms with Gasteiger partial charge in [0.25, 0.3) is 10.0 Å². The first-order chi connectivity index (χ1) is 18.0. The van der Waals surface area contributed by atoms with Crippen molar-refractivity contribution in [1.82, 2.24) is 13.9 Å². The monoisotopic (exact) mass is 516 g/mol. The average Bonchev–Trinajstić information content (AvgIpc) is 3.28. The first-order valence-electron chi connectivity index (χ1n) is 12.3. The minimum atomic E-state index is -4.01. The summed E-state index contributed by atoms with van der Waals surface area (Å²) in [6, 6.07) is 21.9. The summed E-state index contributed by atoms with van der Waals surface area (Å²) < 4.78 is 41.3. The fourth-order valence-corrected chi connectivity index (χ4v) is 6.39. The van der Waals surface area contributed by atoms with Gasteiger partial charge in [-0.25, -0.2) is 12.4 Å². The van der Waals surface area contributed by atoms with Crippen molar-refractivity contribution >= 4 is 27.1 Å². The molecule has 1 aromatic heterocycles. The maximum Gasteiger partial charge on any atom is 0.268 e. The van der Waals surface area contributed by atoms with Crippen LogP contribution < -0.4 is 9.47 Å². The van der Waals surface area contributed by atoms with E-state index < -0.39 is 10.0 Å². The molecule has 4 aromatic rings. The van der Waals surface area contributed by atoms with Gasteiger partial charge in [0.1, 0.15) is 13.2 Å². The molecule has 9 heteroatoms. The van der Waals surface area contributed by atoms with Gasteiger partial charge in [-0.2, -0.15) is 5.10 Å². The molecule has 3 heterocycles. The number of hydrogen-bond acceptors (Lipinski definition) is 7. The van der Waals surface area contributed by atoms with Gasteiger partial charge in [0.15, 0.2) is 11.5 Å². The van der Waals surface area contributed by atoms with Gasteiger partial charge in [-0.15, -0.1) is 0 Å². The number of likely N-dealkylation sites (N-methyl/N-ethyl adjacent to an activating group) is 1. The highest BCUT2D eigenvalue weighted by atomic mass is 32.2. The minimum absolute atomic E-state index is 0.136. The van der Waals surface area contributed by atoms with Crippen LogP contribution in [0.25, 0.3) is 22.2 Å². The maximum absolute atomic E-state index is 14.3. The molecular weight excluding hydrogens is 488 g/mol. The molecule has 2 aliphatic heterocycles. The van der Waals surface area contributed by atoms with Gasteiger partial charge < -0.3 is 14.4 Å². The predicted molar refractivity (Wildman–Crippen MR) is 144 cm³/mol. The maximum atomic E-state index is 14.3. The molecule has 1 saturated heterocycles. The number of nitrogens with zero attached hydrogens (tertiary/aromatic N) is 4. The van der Waals surface area contributed by atoms with Crippen LogP contribution in [0.15, 0.2) is 82.8 Å². The van der Waals surface area contributed by atoms with Crippen molar-refractivity contribution in [3.63, 3.8) is 0 Å². The second kappa shape index (κ2) is 9.57. The molecule has 1 fully saturated rings. The van der Waals surface area contributed by atoms with E-state index in [1.807, 2.05) is 65.8 Å². The Morgan fingerprint density at radius 3 is 2.32 bits per heavy atom. The first-order valence-corrected chi connectivity index (χ1v) is 13.8. The molecule has 0 amide bonds. The summed E-state index contributed by atoms with van der Waals surface area (Å²) >= 11 is 0. The van der Waals surface area contributed by atoms with E-state index in [1.165, 1.54) is 3.97 Å². The molecule has 0 bridgehead atoms. The Morgan fingerprint density at radius 2 is 1.54 bits per heavy atom. The summed E-state index contributed by atoms with van der Waals surface area (Å²) in [4.78, 5) is 2.41. The molecule has 6 rings (SSSR count). The largest absolute Gasteiger partial charge is 0.486 e. The summed E-state index contributed by atoms with van der Waals surface area (Å²) in [6.07, 6.45) is 1.81. The minimum Gasteiger partial charge on any atom is -0.486 e. The summed E-state index contributed by atoms with van der Waals surface area (Å²) in [6.45, 7) is 4.33. The van der Waals surface area contributed by atoms with E-state index in [1.54, 1.807) is 18.2 Å². The molecular formula is C28H28N4O4S. The highest BCUT2D eigenvalue weighted by molar-refractivity contribution is 7.90. The number of benzene rings is 3. The number of aromatic nitrogens is 1. The average molecular weight is 517 g/mol. The van der Waals surface area contributed by atoms with E-state index in [-0.39, 0.29) is 4.90 Å². The normalized spacial score (nSPS) is 16.5. The summed E-state index contributed by atoms with van der Waals surface area (Å²) in [7, 11) is -1.91. The van der Waals surface area contributed by atoms with Crippen molar-refractivity contribution in [1.29, 1.82) is 0 Å². The fourth-order valence-electron chi connectivity index (χ4n) is 4.83. The van der Waals surface area contributed by atoms with Gasteiger partial charge >= 0.3 is 0 Å². The lowest BCUT2D eigenvalue weighted by Crippen LogP contribution is -2.41. The van der Waals surface area contributed by atoms with E-state index in [9.17, 15) is 8.42 Å². The second-order valence-corrected chi connectivity index (χ2v) is 11.0. The molecule has 0 saturated carbocycles. The van der Waals surface area contributed by atoms with Crippen molar-refractivity contribution < 1.29 is 17.9 Å². The third kappa shape index (κ3) is 4.34. The van der Waals surface area contributed by atoms with Gasteiger partial charge in [-0.1, -0.05) is 48.5 Å². The topological polar surface area (TPSA) is 76.4 Å². The molecule has 8 nitrogen and oxygen atoms in total. The predicted octanol–water partition coefficient (Wildman–Crippen LogP) is 3.90. The van der Waals surface area contributed by atoms with Crippen LogP contribution in [0.1, 0.15) is 5.56 Å². The van der Waals surface area contributed by atoms with E-state index in [0.29, 0.717) is 35.9 Å². The summed E-state index contributed by atoms with van der Waals surface area (Å²) in [5, 5.41) is 7.64. The summed E-state index contributed by atoms with van der Waals surface area (Å²) in [5.74, 6) is 0.979. The Bertz CT molecular complexity index is 1570. The van der Waals surface area contributed by atoms with Crippen LogP contribution in [0.2, 0.25) is 0 Å². The Balaban J connectivity index is 1.56. The standard InChI is InChI=1S/C28H28N4O4S/c1-30-13-15-31(16-14-30)29-20-24-23-9-5-6-10-25(23)32(28(24)21-7-3-2-4-8-21)37(33,34)22-11-12-26-27(19-22)36-18-17-35-26/h2-12,19-20H,13-18H2,1H3/b29-20+. The molecule has 2 aliphatic rings. The second-order valence-electron chi connectivity index (χ2n) is 9.22. The Labute approximate surface area is 216 Å². The molecule has 0 atom stereocenters. The van der Waals surface area contributed by atoms with E-state index in [4.69, 9.17) is 14.6 Å². The Hall–Kier alpha value is -3.82. The van der Waals surface area contributed by atoms with Gasteiger partial charge in [0, 0.05) is 43.2 Å². The lowest BCUT2D eigenvalue weighted by Gasteiger charge is -2.30. The number of para-hydroxylation sites is 1. The van der Waals surface area contributed by atoms with Crippen molar-refractivity contribution in [3.8, 4) is 22.8 Å². The smallest absolute Gasteiger partial charge is 0.268 e. The van der Waals surface area contributed by atoms with Gasteiger partial charge in [0.05, 0.1) is 22.3 Å². The lowest BCUT2D eigenvalue weighted by molar-refractivity contribution is 0.159. The van der Waals surface area contributed by atoms with Gasteiger partial charge in [-0.05, 0) is 30.8 Å². The zero-order chi connectivity index (χ0) is 25.4. The van der Waals surface area contributed by atoms with Crippen molar-refractivity contribution in [2.45, 2.75) is 4.90 Å². The molecule has 0 N–H and O–H groups in total. The summed E-state index contributed by atoms with van der Waals surface area (Å²) in [5.41, 5.74) is 2.73. The van der Waals surface area contributed by atoms with Crippen LogP contribution in [-0.4, -0.2) is 75.0 Å². The number of piperazine rings is 1. The third-order valence-electron chi connectivity index (χ3n) is 6.80. The zero-order valence-electron chi connectivity index (χ0n) is 20.6. The van der Waals surface area contributed by atoms with E-state index in [0.717, 1.165) is 42.7 Å². The number of rotatable bonds is 5. The van der Waals surface area contributed by atoms with Crippen LogP contribution in [0.5, 0.6) is 11.5 Å². The zero-order valence-corrected chi connectivity index (χ0v) is 21.4. The highest BCUT2D eigenvalue weighted by Crippen LogP contribution is 2.38. The number of hydrogen-bond donors (Lipinski definition) is 0. The fraction of sp³-hybridized carbons (Fsp3) is 0.250. The van der Waals surface area contributed by atoms with E-state index >= 15 is 0 Å². The molecule has 0 unspecified atom stereocenters. The number of ether oxygens (including phenoxy) is 2. The third-order valence-corrected chi connectivity index (χ3v) is 8.51. The molecule has 0 aliphatic carbocycles. The molecule has 37 heavy (non-hydrogen) atoms. The molecule has 0 spiro atoms. The molecule has 0 radical (unpaired) electrons. The van der Waals surface area contributed by atoms with Crippen LogP contribution in [-0.2, 0) is 10.0 Å². The van der Waals surface area contributed by atoms with Crippen molar-refractivity contribution in [3.05, 3.63) is 78.4 Å². The quantitative estimate of drug-likeness (QED) is 0.375. The Kier molecular flexibility index (Phi) is 6.10. The van der Waals surface area contributed by atoms with Gasteiger partial charge in [-0.3, -0.25) is 5.01 Å². The van der Waals surface area contributed by atoms with Crippen LogP contribution in [0.3, 0.4) is 0 Å². The molecule has 3 aromatic carbocycles. The Morgan fingerprint density at radius 1 is 0.838 bits per heavy atom. The highest BCUT2D eigenvalue weighted by Gasteiger charge is 2.29. The SMILES string of the molecule is CN1CCN(/N=C/c2c(-c3ccccc3)n(S(=O)(=O)c3ccc4c(c3)OCCO4)c3ccccc23)CC1. The van der Waals surface area contributed by atoms with Gasteiger partial charge in [0.2, 0.25) is 0 Å². The van der Waals surface area contributed by atoms with Crippen molar-refractivity contribution in [2.75, 3.05) is 46.4 Å². The lowest BCUT2D eigenvalue weighted by atomic mass is 10.1. The van der Waals surface area contributed by atoms with Crippen LogP contribution >= 0.6 is 0 Å². The van der Waals surface area contributed by atoms with Crippen LogP contribution in [0.4, 0.5) is 0 Å². The first kappa shape index (κ1) is 23.6. The number of hydrazone groups is 1.